The van der Waals surface area contributed by atoms with Gasteiger partial charge in [0, 0.05) is 51.4 Å². The summed E-state index contributed by atoms with van der Waals surface area (Å²) in [4.78, 5) is 32.4. The molecule has 0 aromatic heterocycles. The van der Waals surface area contributed by atoms with Crippen molar-refractivity contribution in [3.8, 4) is 0 Å². The number of piperazine rings is 1. The predicted molar refractivity (Wildman–Crippen MR) is 121 cm³/mol. The molecule has 2 saturated heterocycles. The SMILES string of the molecule is CCN1CCN(CCCNC(=O)C2CCCN(C(=O)c3cc(C)cc(C)c3)C2)CC1. The summed E-state index contributed by atoms with van der Waals surface area (Å²) < 4.78 is 0. The lowest BCUT2D eigenvalue weighted by molar-refractivity contribution is -0.126. The molecule has 166 valence electrons. The topological polar surface area (TPSA) is 55.9 Å². The standard InChI is InChI=1S/C24H38N4O2/c1-4-26-11-13-27(14-12-26)9-6-8-25-23(29)21-7-5-10-28(18-21)24(30)22-16-19(2)15-20(3)17-22/h15-17,21H,4-14,18H2,1-3H3,(H,25,29). The lowest BCUT2D eigenvalue weighted by Gasteiger charge is -2.34. The van der Waals surface area contributed by atoms with Crippen LogP contribution in [0.3, 0.4) is 0 Å². The molecule has 2 heterocycles. The van der Waals surface area contributed by atoms with Crippen molar-refractivity contribution in [1.82, 2.24) is 20.0 Å². The minimum atomic E-state index is -0.0956. The Kier molecular flexibility index (Phi) is 8.28. The maximum absolute atomic E-state index is 12.9. The van der Waals surface area contributed by atoms with Crippen molar-refractivity contribution in [2.24, 2.45) is 5.92 Å². The van der Waals surface area contributed by atoms with E-state index >= 15 is 0 Å². The van der Waals surface area contributed by atoms with E-state index in [0.29, 0.717) is 13.1 Å². The molecule has 0 aliphatic carbocycles. The minimum absolute atomic E-state index is 0.0468. The van der Waals surface area contributed by atoms with Crippen molar-refractivity contribution < 1.29 is 9.59 Å². The molecule has 3 rings (SSSR count). The molecule has 1 atom stereocenters. The first-order valence-electron chi connectivity index (χ1n) is 11.6. The van der Waals surface area contributed by atoms with Gasteiger partial charge in [-0.1, -0.05) is 24.1 Å². The number of carbonyl (C=O) groups is 2. The molecule has 1 aromatic rings. The van der Waals surface area contributed by atoms with Gasteiger partial charge in [-0.2, -0.15) is 0 Å². The van der Waals surface area contributed by atoms with Crippen LogP contribution in [0.1, 0.15) is 47.7 Å². The lowest BCUT2D eigenvalue weighted by Crippen LogP contribution is -2.47. The van der Waals surface area contributed by atoms with E-state index in [2.05, 4.69) is 28.1 Å². The smallest absolute Gasteiger partial charge is 0.253 e. The van der Waals surface area contributed by atoms with Gasteiger partial charge in [0.15, 0.2) is 0 Å². The number of carbonyl (C=O) groups excluding carboxylic acids is 2. The van der Waals surface area contributed by atoms with Gasteiger partial charge < -0.3 is 20.0 Å². The fourth-order valence-corrected chi connectivity index (χ4v) is 4.64. The van der Waals surface area contributed by atoms with Crippen LogP contribution in [0.25, 0.3) is 0 Å². The lowest BCUT2D eigenvalue weighted by atomic mass is 9.96. The zero-order valence-corrected chi connectivity index (χ0v) is 19.0. The minimum Gasteiger partial charge on any atom is -0.356 e. The highest BCUT2D eigenvalue weighted by Gasteiger charge is 2.29. The summed E-state index contributed by atoms with van der Waals surface area (Å²) in [5, 5.41) is 3.12. The number of hydrogen-bond acceptors (Lipinski definition) is 4. The first kappa shape index (κ1) is 22.8. The molecule has 2 amide bonds. The molecule has 0 bridgehead atoms. The number of piperidine rings is 1. The maximum Gasteiger partial charge on any atom is 0.253 e. The van der Waals surface area contributed by atoms with Crippen molar-refractivity contribution in [3.05, 3.63) is 34.9 Å². The normalized spacial score (nSPS) is 20.9. The molecule has 1 N–H and O–H groups in total. The second-order valence-electron chi connectivity index (χ2n) is 8.89. The summed E-state index contributed by atoms with van der Waals surface area (Å²) in [6.07, 6.45) is 2.73. The summed E-state index contributed by atoms with van der Waals surface area (Å²) in [6.45, 7) is 14.9. The molecule has 1 aromatic carbocycles. The van der Waals surface area contributed by atoms with Gasteiger partial charge in [-0.25, -0.2) is 0 Å². The quantitative estimate of drug-likeness (QED) is 0.696. The first-order chi connectivity index (χ1) is 14.5. The Morgan fingerprint density at radius 1 is 1.00 bits per heavy atom. The third-order valence-corrected chi connectivity index (χ3v) is 6.41. The summed E-state index contributed by atoms with van der Waals surface area (Å²) in [7, 11) is 0. The van der Waals surface area contributed by atoms with E-state index in [9.17, 15) is 9.59 Å². The van der Waals surface area contributed by atoms with Gasteiger partial charge in [-0.3, -0.25) is 9.59 Å². The zero-order chi connectivity index (χ0) is 21.5. The van der Waals surface area contributed by atoms with Crippen LogP contribution in [0.5, 0.6) is 0 Å². The fourth-order valence-electron chi connectivity index (χ4n) is 4.64. The second-order valence-corrected chi connectivity index (χ2v) is 8.89. The molecule has 0 spiro atoms. The average Bonchev–Trinajstić information content (AvgIpc) is 2.76. The van der Waals surface area contributed by atoms with Gasteiger partial charge in [0.1, 0.15) is 0 Å². The van der Waals surface area contributed by atoms with Gasteiger partial charge in [0.05, 0.1) is 5.92 Å². The highest BCUT2D eigenvalue weighted by molar-refractivity contribution is 5.95. The number of hydrogen-bond donors (Lipinski definition) is 1. The van der Waals surface area contributed by atoms with Gasteiger partial charge in [0.2, 0.25) is 5.91 Å². The monoisotopic (exact) mass is 414 g/mol. The van der Waals surface area contributed by atoms with Gasteiger partial charge in [-0.15, -0.1) is 0 Å². The Labute approximate surface area is 181 Å². The second kappa shape index (κ2) is 10.9. The predicted octanol–water partition coefficient (Wildman–Crippen LogP) is 2.30. The third-order valence-electron chi connectivity index (χ3n) is 6.41. The summed E-state index contributed by atoms with van der Waals surface area (Å²) >= 11 is 0. The van der Waals surface area contributed by atoms with Crippen molar-refractivity contribution in [2.45, 2.75) is 40.0 Å². The molecule has 2 aliphatic heterocycles. The maximum atomic E-state index is 12.9. The van der Waals surface area contributed by atoms with E-state index in [-0.39, 0.29) is 17.7 Å². The highest BCUT2D eigenvalue weighted by atomic mass is 16.2. The number of likely N-dealkylation sites (tertiary alicyclic amines) is 1. The molecule has 2 aliphatic rings. The summed E-state index contributed by atoms with van der Waals surface area (Å²) in [5.74, 6) is 0.0518. The fraction of sp³-hybridized carbons (Fsp3) is 0.667. The van der Waals surface area contributed by atoms with Gasteiger partial charge in [-0.05, 0) is 58.3 Å². The molecule has 2 fully saturated rings. The number of nitrogens with one attached hydrogen (secondary N) is 1. The van der Waals surface area contributed by atoms with Crippen LogP contribution in [-0.2, 0) is 4.79 Å². The van der Waals surface area contributed by atoms with Crippen molar-refractivity contribution in [1.29, 1.82) is 0 Å². The number of benzene rings is 1. The van der Waals surface area contributed by atoms with E-state index in [1.807, 2.05) is 30.9 Å². The molecule has 0 radical (unpaired) electrons. The van der Waals surface area contributed by atoms with Crippen LogP contribution in [-0.4, -0.2) is 85.4 Å². The Bertz CT molecular complexity index is 708. The van der Waals surface area contributed by atoms with Crippen LogP contribution in [0, 0.1) is 19.8 Å². The van der Waals surface area contributed by atoms with Crippen LogP contribution in [0.2, 0.25) is 0 Å². The zero-order valence-electron chi connectivity index (χ0n) is 19.0. The van der Waals surface area contributed by atoms with E-state index in [1.165, 1.54) is 0 Å². The van der Waals surface area contributed by atoms with Gasteiger partial charge in [0.25, 0.3) is 5.91 Å². The Balaban J connectivity index is 1.41. The van der Waals surface area contributed by atoms with E-state index in [0.717, 1.165) is 81.8 Å². The number of rotatable bonds is 7. The van der Waals surface area contributed by atoms with E-state index < -0.39 is 0 Å². The Hall–Kier alpha value is -1.92. The number of aryl methyl sites for hydroxylation is 2. The van der Waals surface area contributed by atoms with Crippen molar-refractivity contribution in [3.63, 3.8) is 0 Å². The van der Waals surface area contributed by atoms with Crippen LogP contribution < -0.4 is 5.32 Å². The molecular weight excluding hydrogens is 376 g/mol. The number of amides is 2. The van der Waals surface area contributed by atoms with Crippen LogP contribution in [0.4, 0.5) is 0 Å². The van der Waals surface area contributed by atoms with Gasteiger partial charge >= 0.3 is 0 Å². The van der Waals surface area contributed by atoms with Crippen LogP contribution >= 0.6 is 0 Å². The number of likely N-dealkylation sites (N-methyl/N-ethyl adjacent to an activating group) is 1. The first-order valence-corrected chi connectivity index (χ1v) is 11.6. The summed E-state index contributed by atoms with van der Waals surface area (Å²) in [5.41, 5.74) is 2.93. The van der Waals surface area contributed by atoms with Crippen molar-refractivity contribution >= 4 is 11.8 Å². The molecule has 30 heavy (non-hydrogen) atoms. The Morgan fingerprint density at radius 3 is 2.33 bits per heavy atom. The van der Waals surface area contributed by atoms with E-state index in [1.54, 1.807) is 0 Å². The third kappa shape index (κ3) is 6.29. The van der Waals surface area contributed by atoms with E-state index in [4.69, 9.17) is 0 Å². The molecule has 6 heteroatoms. The molecule has 6 nitrogen and oxygen atoms in total. The Morgan fingerprint density at radius 2 is 1.67 bits per heavy atom. The number of nitrogens with zero attached hydrogens (tertiary/aromatic N) is 3. The molecular formula is C24H38N4O2. The molecule has 1 unspecified atom stereocenters. The van der Waals surface area contributed by atoms with Crippen LogP contribution in [0.15, 0.2) is 18.2 Å². The largest absolute Gasteiger partial charge is 0.356 e. The summed E-state index contributed by atoms with van der Waals surface area (Å²) in [6, 6.07) is 5.96. The molecule has 0 saturated carbocycles. The van der Waals surface area contributed by atoms with Crippen molar-refractivity contribution in [2.75, 3.05) is 58.9 Å². The highest BCUT2D eigenvalue weighted by Crippen LogP contribution is 2.20. The average molecular weight is 415 g/mol.